The van der Waals surface area contributed by atoms with Crippen molar-refractivity contribution < 1.29 is 9.53 Å². The van der Waals surface area contributed by atoms with E-state index in [1.807, 2.05) is 0 Å². The molecule has 2 heterocycles. The fourth-order valence-electron chi connectivity index (χ4n) is 1.71. The molecule has 0 aliphatic carbocycles. The van der Waals surface area contributed by atoms with Gasteiger partial charge in [-0.2, -0.15) is 0 Å². The summed E-state index contributed by atoms with van der Waals surface area (Å²) in [6.07, 6.45) is 3.15. The van der Waals surface area contributed by atoms with Crippen molar-refractivity contribution in [3.05, 3.63) is 11.6 Å². The highest BCUT2D eigenvalue weighted by Crippen LogP contribution is 2.14. The second kappa shape index (κ2) is 3.77. The second-order valence-electron chi connectivity index (χ2n) is 3.36. The Morgan fingerprint density at radius 3 is 3.21 bits per heavy atom. The lowest BCUT2D eigenvalue weighted by molar-refractivity contribution is -0.140. The number of rotatable bonds is 3. The van der Waals surface area contributed by atoms with Gasteiger partial charge in [0.1, 0.15) is 11.6 Å². The molecular formula is C9H13N3O2. The van der Waals surface area contributed by atoms with E-state index in [1.54, 1.807) is 0 Å². The third kappa shape index (κ3) is 1.62. The molecule has 76 valence electrons. The van der Waals surface area contributed by atoms with Crippen LogP contribution in [0.1, 0.15) is 24.5 Å². The maximum Gasteiger partial charge on any atom is 0.305 e. The summed E-state index contributed by atoms with van der Waals surface area (Å²) in [6.45, 7) is 0.985. The Hall–Kier alpha value is -1.39. The topological polar surface area (TPSA) is 57.0 Å². The van der Waals surface area contributed by atoms with Gasteiger partial charge in [0, 0.05) is 19.4 Å². The first kappa shape index (κ1) is 9.18. The van der Waals surface area contributed by atoms with Crippen LogP contribution in [-0.4, -0.2) is 27.8 Å². The number of carbonyl (C=O) groups is 1. The molecule has 0 fully saturated rings. The molecular weight excluding hydrogens is 182 g/mol. The third-order valence-corrected chi connectivity index (χ3v) is 2.47. The highest BCUT2D eigenvalue weighted by Gasteiger charge is 2.17. The molecule has 0 atom stereocenters. The zero-order valence-electron chi connectivity index (χ0n) is 8.19. The Morgan fingerprint density at radius 2 is 2.43 bits per heavy atom. The van der Waals surface area contributed by atoms with Crippen molar-refractivity contribution in [3.8, 4) is 0 Å². The molecule has 0 spiro atoms. The SMILES string of the molecule is COC(=O)CCc1nnc2n1CCC2. The molecule has 5 nitrogen and oxygen atoms in total. The normalized spacial score (nSPS) is 14.1. The molecule has 1 aliphatic heterocycles. The molecule has 0 N–H and O–H groups in total. The Bertz CT molecular complexity index is 346. The van der Waals surface area contributed by atoms with Crippen molar-refractivity contribution in [1.82, 2.24) is 14.8 Å². The number of hydrogen-bond acceptors (Lipinski definition) is 4. The van der Waals surface area contributed by atoms with Crippen LogP contribution in [0.5, 0.6) is 0 Å². The number of hydrogen-bond donors (Lipinski definition) is 0. The molecule has 0 saturated carbocycles. The van der Waals surface area contributed by atoms with E-state index in [0.717, 1.165) is 31.0 Å². The van der Waals surface area contributed by atoms with Gasteiger partial charge < -0.3 is 9.30 Å². The fourth-order valence-corrected chi connectivity index (χ4v) is 1.71. The number of ether oxygens (including phenoxy) is 1. The summed E-state index contributed by atoms with van der Waals surface area (Å²) in [5.74, 6) is 1.76. The maximum atomic E-state index is 10.9. The van der Waals surface area contributed by atoms with E-state index >= 15 is 0 Å². The summed E-state index contributed by atoms with van der Waals surface area (Å²) in [6, 6.07) is 0. The van der Waals surface area contributed by atoms with Crippen LogP contribution in [0, 0.1) is 0 Å². The number of carbonyl (C=O) groups excluding carboxylic acids is 1. The van der Waals surface area contributed by atoms with Crippen molar-refractivity contribution in [2.24, 2.45) is 0 Å². The van der Waals surface area contributed by atoms with E-state index < -0.39 is 0 Å². The minimum Gasteiger partial charge on any atom is -0.469 e. The van der Waals surface area contributed by atoms with Gasteiger partial charge in [0.25, 0.3) is 0 Å². The lowest BCUT2D eigenvalue weighted by Gasteiger charge is -2.01. The highest BCUT2D eigenvalue weighted by atomic mass is 16.5. The number of esters is 1. The van der Waals surface area contributed by atoms with Crippen LogP contribution in [-0.2, 0) is 28.9 Å². The summed E-state index contributed by atoms with van der Waals surface area (Å²) < 4.78 is 6.67. The Labute approximate surface area is 82.1 Å². The van der Waals surface area contributed by atoms with E-state index in [2.05, 4.69) is 19.5 Å². The van der Waals surface area contributed by atoms with Crippen LogP contribution in [0.25, 0.3) is 0 Å². The van der Waals surface area contributed by atoms with Gasteiger partial charge in [0.15, 0.2) is 0 Å². The minimum atomic E-state index is -0.194. The monoisotopic (exact) mass is 195 g/mol. The number of fused-ring (bicyclic) bond motifs is 1. The Balaban J connectivity index is 2.00. The van der Waals surface area contributed by atoms with Crippen molar-refractivity contribution >= 4 is 5.97 Å². The van der Waals surface area contributed by atoms with E-state index in [0.29, 0.717) is 12.8 Å². The number of aryl methyl sites for hydroxylation is 2. The number of methoxy groups -OCH3 is 1. The van der Waals surface area contributed by atoms with Crippen LogP contribution < -0.4 is 0 Å². The number of aromatic nitrogens is 3. The van der Waals surface area contributed by atoms with Crippen LogP contribution in [0.4, 0.5) is 0 Å². The predicted octanol–water partition coefficient (Wildman–Crippen LogP) is 0.330. The first-order valence-electron chi connectivity index (χ1n) is 4.79. The van der Waals surface area contributed by atoms with Gasteiger partial charge in [-0.15, -0.1) is 10.2 Å². The summed E-state index contributed by atoms with van der Waals surface area (Å²) in [5, 5.41) is 8.11. The molecule has 1 aromatic rings. The van der Waals surface area contributed by atoms with Gasteiger partial charge in [-0.3, -0.25) is 4.79 Å². The first-order valence-corrected chi connectivity index (χ1v) is 4.79. The molecule has 0 unspecified atom stereocenters. The minimum absolute atomic E-state index is 0.194. The Kier molecular flexibility index (Phi) is 2.47. The average Bonchev–Trinajstić information content (AvgIpc) is 2.76. The first-order chi connectivity index (χ1) is 6.81. The summed E-state index contributed by atoms with van der Waals surface area (Å²) in [4.78, 5) is 10.9. The molecule has 0 aromatic carbocycles. The van der Waals surface area contributed by atoms with Crippen molar-refractivity contribution in [2.75, 3.05) is 7.11 Å². The van der Waals surface area contributed by atoms with Crippen LogP contribution in [0.2, 0.25) is 0 Å². The zero-order valence-corrected chi connectivity index (χ0v) is 8.19. The van der Waals surface area contributed by atoms with E-state index in [9.17, 15) is 4.79 Å². The third-order valence-electron chi connectivity index (χ3n) is 2.47. The lowest BCUT2D eigenvalue weighted by atomic mass is 10.3. The van der Waals surface area contributed by atoms with Crippen molar-refractivity contribution in [3.63, 3.8) is 0 Å². The van der Waals surface area contributed by atoms with Gasteiger partial charge in [-0.25, -0.2) is 0 Å². The van der Waals surface area contributed by atoms with Gasteiger partial charge >= 0.3 is 5.97 Å². The van der Waals surface area contributed by atoms with Crippen molar-refractivity contribution in [2.45, 2.75) is 32.2 Å². The van der Waals surface area contributed by atoms with E-state index in [4.69, 9.17) is 0 Å². The van der Waals surface area contributed by atoms with E-state index in [-0.39, 0.29) is 5.97 Å². The van der Waals surface area contributed by atoms with Crippen LogP contribution >= 0.6 is 0 Å². The van der Waals surface area contributed by atoms with Gasteiger partial charge in [0.2, 0.25) is 0 Å². The fraction of sp³-hybridized carbons (Fsp3) is 0.667. The molecule has 0 bridgehead atoms. The molecule has 1 aliphatic rings. The van der Waals surface area contributed by atoms with Crippen LogP contribution in [0.15, 0.2) is 0 Å². The van der Waals surface area contributed by atoms with Crippen molar-refractivity contribution in [1.29, 1.82) is 0 Å². The van der Waals surface area contributed by atoms with Gasteiger partial charge in [-0.05, 0) is 6.42 Å². The molecule has 0 saturated heterocycles. The summed E-state index contributed by atoms with van der Waals surface area (Å²) in [5.41, 5.74) is 0. The smallest absolute Gasteiger partial charge is 0.305 e. The summed E-state index contributed by atoms with van der Waals surface area (Å²) in [7, 11) is 1.40. The molecule has 14 heavy (non-hydrogen) atoms. The van der Waals surface area contributed by atoms with Gasteiger partial charge in [0.05, 0.1) is 13.5 Å². The predicted molar refractivity (Wildman–Crippen MR) is 48.7 cm³/mol. The molecule has 0 amide bonds. The quantitative estimate of drug-likeness (QED) is 0.652. The second-order valence-corrected chi connectivity index (χ2v) is 3.36. The van der Waals surface area contributed by atoms with E-state index in [1.165, 1.54) is 7.11 Å². The highest BCUT2D eigenvalue weighted by molar-refractivity contribution is 5.69. The molecule has 5 heteroatoms. The standard InChI is InChI=1S/C9H13N3O2/c1-14-9(13)5-4-8-11-10-7-3-2-6-12(7)8/h2-6H2,1H3. The average molecular weight is 195 g/mol. The summed E-state index contributed by atoms with van der Waals surface area (Å²) >= 11 is 0. The molecule has 0 radical (unpaired) electrons. The maximum absolute atomic E-state index is 10.9. The molecule has 1 aromatic heterocycles. The lowest BCUT2D eigenvalue weighted by Crippen LogP contribution is -2.06. The zero-order chi connectivity index (χ0) is 9.97. The largest absolute Gasteiger partial charge is 0.469 e. The van der Waals surface area contributed by atoms with Crippen LogP contribution in [0.3, 0.4) is 0 Å². The number of nitrogens with zero attached hydrogens (tertiary/aromatic N) is 3. The van der Waals surface area contributed by atoms with Gasteiger partial charge in [-0.1, -0.05) is 0 Å². The molecule has 2 rings (SSSR count). The Morgan fingerprint density at radius 1 is 1.57 bits per heavy atom.